The summed E-state index contributed by atoms with van der Waals surface area (Å²) in [6.45, 7) is -1.70. The van der Waals surface area contributed by atoms with Crippen LogP contribution in [0.2, 0.25) is 0 Å². The summed E-state index contributed by atoms with van der Waals surface area (Å²) in [7, 11) is 1.43. The van der Waals surface area contributed by atoms with Crippen LogP contribution in [0.4, 0.5) is 13.2 Å². The van der Waals surface area contributed by atoms with Gasteiger partial charge < -0.3 is 10.2 Å². The van der Waals surface area contributed by atoms with Gasteiger partial charge in [-0.1, -0.05) is 53.7 Å². The first-order chi connectivity index (χ1) is 13.4. The molecule has 0 unspecified atom stereocenters. The zero-order chi connectivity index (χ0) is 20.1. The lowest BCUT2D eigenvalue weighted by atomic mass is 10.00. The van der Waals surface area contributed by atoms with E-state index in [0.717, 1.165) is 5.56 Å². The lowest BCUT2D eigenvalue weighted by molar-refractivity contribution is -0.161. The maximum atomic E-state index is 12.7. The molecule has 1 aliphatic rings. The number of hydrogen-bond donors (Lipinski definition) is 1. The lowest BCUT2D eigenvalue weighted by Crippen LogP contribution is -2.47. The summed E-state index contributed by atoms with van der Waals surface area (Å²) in [4.78, 5) is 16.7. The van der Waals surface area contributed by atoms with Gasteiger partial charge in [-0.15, -0.1) is 0 Å². The molecule has 28 heavy (non-hydrogen) atoms. The number of amides is 1. The first-order valence-electron chi connectivity index (χ1n) is 8.34. The molecule has 1 aliphatic heterocycles. The molecule has 2 aromatic carbocycles. The standard InChI is InChI=1S/C19H17F3N4O2/c1-28-25-17(13-6-3-2-4-7-13)14-8-5-9-15(10-14)18-23-11-16(27)26(24-18)12-19(20,21)22/h2-10H,11-12H2,1H3,(H,23,24). The fourth-order valence-electron chi connectivity index (χ4n) is 2.69. The van der Waals surface area contributed by atoms with Crippen molar-refractivity contribution in [2.24, 2.45) is 10.3 Å². The van der Waals surface area contributed by atoms with Crippen molar-refractivity contribution < 1.29 is 22.8 Å². The van der Waals surface area contributed by atoms with E-state index in [9.17, 15) is 18.0 Å². The van der Waals surface area contributed by atoms with Crippen molar-refractivity contribution >= 4 is 17.5 Å². The highest BCUT2D eigenvalue weighted by atomic mass is 19.4. The summed E-state index contributed by atoms with van der Waals surface area (Å²) in [5.74, 6) is -0.571. The number of oxime groups is 1. The van der Waals surface area contributed by atoms with Gasteiger partial charge in [0.25, 0.3) is 5.91 Å². The van der Waals surface area contributed by atoms with Gasteiger partial charge in [-0.05, 0) is 6.07 Å². The first kappa shape index (κ1) is 19.4. The Hall–Kier alpha value is -3.36. The maximum absolute atomic E-state index is 12.7. The number of carbonyl (C=O) groups excluding carboxylic acids is 1. The number of halogens is 3. The van der Waals surface area contributed by atoms with Crippen molar-refractivity contribution in [2.45, 2.75) is 6.18 Å². The lowest BCUT2D eigenvalue weighted by Gasteiger charge is -2.25. The summed E-state index contributed by atoms with van der Waals surface area (Å²) in [5.41, 5.74) is 2.59. The number of nitrogens with zero attached hydrogens (tertiary/aromatic N) is 3. The van der Waals surface area contributed by atoms with Gasteiger partial charge in [0.15, 0.2) is 5.84 Å². The molecule has 9 heteroatoms. The molecule has 1 N–H and O–H groups in total. The fraction of sp³-hybridized carbons (Fsp3) is 0.211. The van der Waals surface area contributed by atoms with Crippen molar-refractivity contribution in [3.8, 4) is 0 Å². The zero-order valence-corrected chi connectivity index (χ0v) is 14.9. The molecule has 0 atom stereocenters. The number of hydrogen-bond acceptors (Lipinski definition) is 5. The monoisotopic (exact) mass is 390 g/mol. The summed E-state index contributed by atoms with van der Waals surface area (Å²) in [6.07, 6.45) is -4.53. The largest absolute Gasteiger partial charge is 0.408 e. The number of nitrogens with one attached hydrogen (secondary N) is 1. The van der Waals surface area contributed by atoms with Crippen LogP contribution in [-0.2, 0) is 9.63 Å². The van der Waals surface area contributed by atoms with E-state index in [1.54, 1.807) is 24.3 Å². The molecular weight excluding hydrogens is 373 g/mol. The predicted molar refractivity (Wildman–Crippen MR) is 97.8 cm³/mol. The maximum Gasteiger partial charge on any atom is 0.408 e. The van der Waals surface area contributed by atoms with Crippen molar-refractivity contribution in [2.75, 3.05) is 20.2 Å². The Bertz CT molecular complexity index is 911. The van der Waals surface area contributed by atoms with E-state index in [1.807, 2.05) is 30.3 Å². The minimum absolute atomic E-state index is 0.176. The molecule has 0 fully saturated rings. The van der Waals surface area contributed by atoms with Gasteiger partial charge in [-0.25, -0.2) is 5.01 Å². The molecule has 2 aromatic rings. The summed E-state index contributed by atoms with van der Waals surface area (Å²) in [5, 5.41) is 11.1. The molecule has 0 spiro atoms. The molecule has 0 aliphatic carbocycles. The van der Waals surface area contributed by atoms with Crippen molar-refractivity contribution in [1.82, 2.24) is 10.3 Å². The van der Waals surface area contributed by atoms with Gasteiger partial charge in [0, 0.05) is 16.7 Å². The van der Waals surface area contributed by atoms with Crippen LogP contribution in [0, 0.1) is 0 Å². The Labute approximate surface area is 159 Å². The van der Waals surface area contributed by atoms with Crippen LogP contribution in [0.1, 0.15) is 16.7 Å². The summed E-state index contributed by atoms with van der Waals surface area (Å²) >= 11 is 0. The third kappa shape index (κ3) is 4.67. The van der Waals surface area contributed by atoms with E-state index in [2.05, 4.69) is 15.6 Å². The third-order valence-electron chi connectivity index (χ3n) is 3.88. The average Bonchev–Trinajstić information content (AvgIpc) is 2.67. The number of amidine groups is 1. The number of rotatable bonds is 5. The van der Waals surface area contributed by atoms with Crippen LogP contribution >= 0.6 is 0 Å². The molecule has 1 amide bonds. The third-order valence-corrected chi connectivity index (χ3v) is 3.88. The zero-order valence-electron chi connectivity index (χ0n) is 14.9. The van der Waals surface area contributed by atoms with E-state index < -0.39 is 18.6 Å². The fourth-order valence-corrected chi connectivity index (χ4v) is 2.69. The molecule has 0 radical (unpaired) electrons. The van der Waals surface area contributed by atoms with Crippen molar-refractivity contribution in [3.05, 3.63) is 71.3 Å². The molecule has 0 aromatic heterocycles. The van der Waals surface area contributed by atoms with Crippen LogP contribution < -0.4 is 5.32 Å². The van der Waals surface area contributed by atoms with Gasteiger partial charge in [-0.2, -0.15) is 18.3 Å². The van der Waals surface area contributed by atoms with Gasteiger partial charge in [0.2, 0.25) is 0 Å². The first-order valence-corrected chi connectivity index (χ1v) is 8.34. The van der Waals surface area contributed by atoms with Crippen LogP contribution in [0.5, 0.6) is 0 Å². The van der Waals surface area contributed by atoms with E-state index >= 15 is 0 Å². The molecule has 0 saturated heterocycles. The van der Waals surface area contributed by atoms with E-state index in [-0.39, 0.29) is 12.4 Å². The molecule has 3 rings (SSSR count). The molecule has 0 saturated carbocycles. The Morgan fingerprint density at radius 3 is 2.57 bits per heavy atom. The SMILES string of the molecule is CON=C(c1ccccc1)c1cccc(C2=NN(CC(F)(F)F)C(=O)CN2)c1. The second-order valence-electron chi connectivity index (χ2n) is 5.94. The second kappa shape index (κ2) is 8.12. The Morgan fingerprint density at radius 2 is 1.89 bits per heavy atom. The Morgan fingerprint density at radius 1 is 1.18 bits per heavy atom. The van der Waals surface area contributed by atoms with Gasteiger partial charge >= 0.3 is 6.18 Å². The quantitative estimate of drug-likeness (QED) is 0.631. The number of hydrazone groups is 1. The van der Waals surface area contributed by atoms with Crippen molar-refractivity contribution in [1.29, 1.82) is 0 Å². The minimum Gasteiger partial charge on any atom is -0.399 e. The molecule has 6 nitrogen and oxygen atoms in total. The smallest absolute Gasteiger partial charge is 0.399 e. The van der Waals surface area contributed by atoms with Crippen molar-refractivity contribution in [3.63, 3.8) is 0 Å². The summed E-state index contributed by atoms with van der Waals surface area (Å²) in [6, 6.07) is 16.3. The number of carbonyl (C=O) groups is 1. The number of alkyl halides is 3. The molecular formula is C19H17F3N4O2. The molecule has 1 heterocycles. The normalized spacial score (nSPS) is 15.1. The highest BCUT2D eigenvalue weighted by molar-refractivity contribution is 6.14. The topological polar surface area (TPSA) is 66.3 Å². The van der Waals surface area contributed by atoms with Gasteiger partial charge in [0.1, 0.15) is 19.4 Å². The van der Waals surface area contributed by atoms with E-state index in [1.165, 1.54) is 7.11 Å². The minimum atomic E-state index is -4.53. The predicted octanol–water partition coefficient (Wildman–Crippen LogP) is 2.74. The van der Waals surface area contributed by atoms with Gasteiger partial charge in [-0.3, -0.25) is 4.79 Å². The molecule has 0 bridgehead atoms. The highest BCUT2D eigenvalue weighted by Gasteiger charge is 2.35. The molecule has 146 valence electrons. The van der Waals surface area contributed by atoms with Crippen LogP contribution in [0.15, 0.2) is 64.9 Å². The number of benzene rings is 2. The van der Waals surface area contributed by atoms with E-state index in [4.69, 9.17) is 4.84 Å². The van der Waals surface area contributed by atoms with Gasteiger partial charge in [0.05, 0.1) is 6.54 Å². The van der Waals surface area contributed by atoms with E-state index in [0.29, 0.717) is 21.8 Å². The second-order valence-corrected chi connectivity index (χ2v) is 5.94. The van der Waals surface area contributed by atoms with Crippen LogP contribution in [-0.4, -0.2) is 48.8 Å². The Balaban J connectivity index is 1.95. The Kier molecular flexibility index (Phi) is 5.62. The average molecular weight is 390 g/mol. The van der Waals surface area contributed by atoms with Crippen LogP contribution in [0.3, 0.4) is 0 Å². The summed E-state index contributed by atoms with van der Waals surface area (Å²) < 4.78 is 38.0. The highest BCUT2D eigenvalue weighted by Crippen LogP contribution is 2.19. The van der Waals surface area contributed by atoms with Crippen LogP contribution in [0.25, 0.3) is 0 Å².